The molecule has 3 nitrogen and oxygen atoms in total. The molecule has 27 heavy (non-hydrogen) atoms. The van der Waals surface area contributed by atoms with Crippen molar-refractivity contribution in [3.63, 3.8) is 0 Å². The summed E-state index contributed by atoms with van der Waals surface area (Å²) in [5.41, 5.74) is 1.80. The monoisotopic (exact) mass is 392 g/mol. The number of carbonyl (C=O) groups excluding carboxylic acids is 1. The Morgan fingerprint density at radius 3 is 2.59 bits per heavy atom. The molecule has 0 aliphatic heterocycles. The van der Waals surface area contributed by atoms with Gasteiger partial charge < -0.3 is 9.88 Å². The van der Waals surface area contributed by atoms with Crippen LogP contribution in [0.15, 0.2) is 94.9 Å². The third-order valence-electron chi connectivity index (χ3n) is 4.18. The third kappa shape index (κ3) is 4.18. The Kier molecular flexibility index (Phi) is 5.19. The van der Waals surface area contributed by atoms with Crippen molar-refractivity contribution in [2.45, 2.75) is 16.3 Å². The van der Waals surface area contributed by atoms with Crippen molar-refractivity contribution in [2.75, 3.05) is 5.32 Å². The molecule has 0 atom stereocenters. The highest BCUT2D eigenvalue weighted by Gasteiger charge is 2.10. The first-order chi connectivity index (χ1) is 13.2. The van der Waals surface area contributed by atoms with Gasteiger partial charge in [0.25, 0.3) is 0 Å². The van der Waals surface area contributed by atoms with Crippen LogP contribution in [0.3, 0.4) is 0 Å². The van der Waals surface area contributed by atoms with E-state index in [9.17, 15) is 4.79 Å². The summed E-state index contributed by atoms with van der Waals surface area (Å²) in [5.74, 6) is -0.0661. The van der Waals surface area contributed by atoms with Crippen LogP contribution in [0.25, 0.3) is 10.9 Å². The van der Waals surface area contributed by atoms with Gasteiger partial charge in [-0.25, -0.2) is 0 Å². The van der Waals surface area contributed by atoms with E-state index in [1.54, 1.807) is 11.8 Å². The Morgan fingerprint density at radius 2 is 1.74 bits per heavy atom. The second-order valence-corrected chi connectivity index (χ2v) is 7.66. The van der Waals surface area contributed by atoms with E-state index in [-0.39, 0.29) is 12.5 Å². The number of amides is 1. The standard InChI is InChI=1S/C22H17ClN2OS/c23-17-10-11-20-16(14-17)12-13-25(20)15-22(26)24-19-8-4-5-9-21(19)27-18-6-2-1-3-7-18/h1-14H,15H2,(H,24,26). The van der Waals surface area contributed by atoms with E-state index in [1.807, 2.05) is 77.5 Å². The van der Waals surface area contributed by atoms with Crippen LogP contribution < -0.4 is 5.32 Å². The molecule has 134 valence electrons. The summed E-state index contributed by atoms with van der Waals surface area (Å²) in [6.07, 6.45) is 1.91. The summed E-state index contributed by atoms with van der Waals surface area (Å²) in [7, 11) is 0. The molecule has 1 N–H and O–H groups in total. The van der Waals surface area contributed by atoms with Crippen LogP contribution in [0, 0.1) is 0 Å². The molecule has 0 aliphatic carbocycles. The topological polar surface area (TPSA) is 34.0 Å². The Hall–Kier alpha value is -2.69. The van der Waals surface area contributed by atoms with Gasteiger partial charge in [0, 0.05) is 31.9 Å². The lowest BCUT2D eigenvalue weighted by Gasteiger charge is -2.12. The molecule has 0 aliphatic rings. The molecule has 1 heterocycles. The number of hydrogen-bond acceptors (Lipinski definition) is 2. The van der Waals surface area contributed by atoms with Crippen LogP contribution in [0.2, 0.25) is 5.02 Å². The molecule has 0 radical (unpaired) electrons. The lowest BCUT2D eigenvalue weighted by molar-refractivity contribution is -0.116. The smallest absolute Gasteiger partial charge is 0.244 e. The minimum Gasteiger partial charge on any atom is -0.338 e. The van der Waals surface area contributed by atoms with Crippen molar-refractivity contribution in [1.82, 2.24) is 4.57 Å². The maximum atomic E-state index is 12.6. The van der Waals surface area contributed by atoms with Crippen molar-refractivity contribution in [2.24, 2.45) is 0 Å². The molecule has 4 aromatic rings. The molecule has 0 fully saturated rings. The van der Waals surface area contributed by atoms with E-state index in [1.165, 1.54) is 0 Å². The van der Waals surface area contributed by atoms with Crippen LogP contribution >= 0.6 is 23.4 Å². The third-order valence-corrected chi connectivity index (χ3v) is 5.50. The van der Waals surface area contributed by atoms with E-state index in [2.05, 4.69) is 17.4 Å². The zero-order valence-electron chi connectivity index (χ0n) is 14.4. The van der Waals surface area contributed by atoms with Crippen molar-refractivity contribution in [3.05, 3.63) is 90.1 Å². The van der Waals surface area contributed by atoms with Crippen molar-refractivity contribution in [3.8, 4) is 0 Å². The zero-order chi connectivity index (χ0) is 18.6. The van der Waals surface area contributed by atoms with Gasteiger partial charge >= 0.3 is 0 Å². The number of nitrogens with one attached hydrogen (secondary N) is 1. The highest BCUT2D eigenvalue weighted by atomic mass is 35.5. The summed E-state index contributed by atoms with van der Waals surface area (Å²) in [5, 5.41) is 4.75. The fraction of sp³-hybridized carbons (Fsp3) is 0.0455. The SMILES string of the molecule is O=C(Cn1ccc2cc(Cl)ccc21)Nc1ccccc1Sc1ccccc1. The van der Waals surface area contributed by atoms with E-state index in [4.69, 9.17) is 11.6 Å². The molecule has 0 spiro atoms. The fourth-order valence-corrected chi connectivity index (χ4v) is 4.03. The van der Waals surface area contributed by atoms with E-state index >= 15 is 0 Å². The molecule has 1 amide bonds. The van der Waals surface area contributed by atoms with Crippen LogP contribution in [0.1, 0.15) is 0 Å². The van der Waals surface area contributed by atoms with Gasteiger partial charge in [-0.2, -0.15) is 0 Å². The van der Waals surface area contributed by atoms with E-state index < -0.39 is 0 Å². The lowest BCUT2D eigenvalue weighted by Crippen LogP contribution is -2.18. The van der Waals surface area contributed by atoms with Crippen molar-refractivity contribution in [1.29, 1.82) is 0 Å². The van der Waals surface area contributed by atoms with Crippen LogP contribution in [-0.4, -0.2) is 10.5 Å². The molecular weight excluding hydrogens is 376 g/mol. The average Bonchev–Trinajstić information content (AvgIpc) is 3.06. The van der Waals surface area contributed by atoms with Gasteiger partial charge in [-0.3, -0.25) is 4.79 Å². The molecule has 4 rings (SSSR count). The number of rotatable bonds is 5. The van der Waals surface area contributed by atoms with Crippen LogP contribution in [-0.2, 0) is 11.3 Å². The van der Waals surface area contributed by atoms with Gasteiger partial charge in [-0.05, 0) is 48.5 Å². The van der Waals surface area contributed by atoms with Gasteiger partial charge in [0.05, 0.1) is 5.69 Å². The van der Waals surface area contributed by atoms with Crippen LogP contribution in [0.5, 0.6) is 0 Å². The predicted molar refractivity (Wildman–Crippen MR) is 113 cm³/mol. The first-order valence-electron chi connectivity index (χ1n) is 8.55. The molecule has 0 bridgehead atoms. The second kappa shape index (κ2) is 7.91. The first-order valence-corrected chi connectivity index (χ1v) is 9.75. The summed E-state index contributed by atoms with van der Waals surface area (Å²) >= 11 is 7.67. The number of benzene rings is 3. The average molecular weight is 393 g/mol. The van der Waals surface area contributed by atoms with Gasteiger partial charge in [-0.15, -0.1) is 0 Å². The first kappa shape index (κ1) is 17.7. The molecule has 0 unspecified atom stereocenters. The number of anilines is 1. The largest absolute Gasteiger partial charge is 0.338 e. The van der Waals surface area contributed by atoms with Gasteiger partial charge in [-0.1, -0.05) is 53.7 Å². The summed E-state index contributed by atoms with van der Waals surface area (Å²) in [6.45, 7) is 0.246. The maximum Gasteiger partial charge on any atom is 0.244 e. The number of carbonyl (C=O) groups is 1. The molecule has 0 saturated heterocycles. The number of fused-ring (bicyclic) bond motifs is 1. The minimum absolute atomic E-state index is 0.0661. The molecule has 0 saturated carbocycles. The maximum absolute atomic E-state index is 12.6. The van der Waals surface area contributed by atoms with E-state index in [0.29, 0.717) is 5.02 Å². The predicted octanol–water partition coefficient (Wildman–Crippen LogP) is 6.08. The van der Waals surface area contributed by atoms with Gasteiger partial charge in [0.1, 0.15) is 6.54 Å². The number of para-hydroxylation sites is 1. The Morgan fingerprint density at radius 1 is 0.963 bits per heavy atom. The fourth-order valence-electron chi connectivity index (χ4n) is 2.93. The summed E-state index contributed by atoms with van der Waals surface area (Å²) in [4.78, 5) is 14.8. The molecule has 1 aromatic heterocycles. The quantitative estimate of drug-likeness (QED) is 0.446. The van der Waals surface area contributed by atoms with Crippen molar-refractivity contribution < 1.29 is 4.79 Å². The summed E-state index contributed by atoms with van der Waals surface area (Å²) in [6, 6.07) is 25.6. The Bertz CT molecular complexity index is 1090. The van der Waals surface area contributed by atoms with Crippen LogP contribution in [0.4, 0.5) is 5.69 Å². The van der Waals surface area contributed by atoms with Gasteiger partial charge in [0.2, 0.25) is 5.91 Å². The Balaban J connectivity index is 1.51. The zero-order valence-corrected chi connectivity index (χ0v) is 16.0. The van der Waals surface area contributed by atoms with E-state index in [0.717, 1.165) is 26.4 Å². The minimum atomic E-state index is -0.0661. The molecule has 5 heteroatoms. The number of hydrogen-bond donors (Lipinski definition) is 1. The lowest BCUT2D eigenvalue weighted by atomic mass is 10.2. The normalized spacial score (nSPS) is 10.9. The van der Waals surface area contributed by atoms with Gasteiger partial charge in [0.15, 0.2) is 0 Å². The second-order valence-electron chi connectivity index (χ2n) is 6.11. The molecular formula is C22H17ClN2OS. The number of nitrogens with zero attached hydrogens (tertiary/aromatic N) is 1. The Labute approximate surface area is 167 Å². The molecule has 3 aromatic carbocycles. The number of halogens is 1. The van der Waals surface area contributed by atoms with Crippen molar-refractivity contribution >= 4 is 45.9 Å². The highest BCUT2D eigenvalue weighted by molar-refractivity contribution is 7.99. The summed E-state index contributed by atoms with van der Waals surface area (Å²) < 4.78 is 1.92. The highest BCUT2D eigenvalue weighted by Crippen LogP contribution is 2.33. The number of aromatic nitrogens is 1.